The van der Waals surface area contributed by atoms with Gasteiger partial charge in [-0.3, -0.25) is 4.79 Å². The lowest BCUT2D eigenvalue weighted by atomic mass is 9.66. The van der Waals surface area contributed by atoms with E-state index in [-0.39, 0.29) is 28.5 Å². The summed E-state index contributed by atoms with van der Waals surface area (Å²) in [6.45, 7) is 4.04. The number of ether oxygens (including phenoxy) is 1. The fraction of sp³-hybridized carbons (Fsp3) is 0.467. The van der Waals surface area contributed by atoms with Gasteiger partial charge in [0.25, 0.3) is 5.91 Å². The number of carbonyl (C=O) groups is 1. The van der Waals surface area contributed by atoms with Crippen LogP contribution in [0.1, 0.15) is 25.7 Å². The van der Waals surface area contributed by atoms with E-state index in [2.05, 4.69) is 12.2 Å². The van der Waals surface area contributed by atoms with E-state index in [1.807, 2.05) is 0 Å². The van der Waals surface area contributed by atoms with Crippen molar-refractivity contribution in [2.45, 2.75) is 31.2 Å². The minimum Gasteiger partial charge on any atom is -0.484 e. The molecule has 0 spiro atoms. The second-order valence-electron chi connectivity index (χ2n) is 6.05. The van der Waals surface area contributed by atoms with Crippen molar-refractivity contribution in [3.05, 3.63) is 36.0 Å². The predicted octanol–water partition coefficient (Wildman–Crippen LogP) is 3.12. The van der Waals surface area contributed by atoms with Crippen LogP contribution >= 0.6 is 11.6 Å². The van der Waals surface area contributed by atoms with Crippen molar-refractivity contribution in [3.63, 3.8) is 0 Å². The Balaban J connectivity index is 1.51. The highest BCUT2D eigenvalue weighted by atomic mass is 35.5. The number of rotatable bonds is 4. The molecule has 1 amide bonds. The Hall–Kier alpha value is -1.29. The van der Waals surface area contributed by atoms with Crippen LogP contribution in [0.2, 0.25) is 5.02 Å². The molecule has 3 aliphatic rings. The Morgan fingerprint density at radius 1 is 1.45 bits per heavy atom. The number of hydrogen-bond donors (Lipinski definition) is 1. The Bertz CT molecular complexity index is 555. The van der Waals surface area contributed by atoms with E-state index in [1.165, 1.54) is 18.2 Å². The van der Waals surface area contributed by atoms with Gasteiger partial charge in [0, 0.05) is 11.6 Å². The highest BCUT2D eigenvalue weighted by Gasteiger charge is 2.58. The molecular formula is C15H16ClFNO2. The largest absolute Gasteiger partial charge is 0.484 e. The van der Waals surface area contributed by atoms with Gasteiger partial charge >= 0.3 is 0 Å². The van der Waals surface area contributed by atoms with Crippen molar-refractivity contribution in [3.8, 4) is 5.75 Å². The summed E-state index contributed by atoms with van der Waals surface area (Å²) in [5, 5.41) is 3.05. The number of carbonyl (C=O) groups excluding carboxylic acids is 1. The number of hydrogen-bond acceptors (Lipinski definition) is 2. The molecule has 3 aliphatic carbocycles. The third kappa shape index (κ3) is 2.49. The molecule has 1 radical (unpaired) electrons. The number of nitrogens with one attached hydrogen (secondary N) is 1. The summed E-state index contributed by atoms with van der Waals surface area (Å²) < 4.78 is 18.5. The van der Waals surface area contributed by atoms with E-state index in [0.29, 0.717) is 5.75 Å². The van der Waals surface area contributed by atoms with E-state index >= 15 is 0 Å². The molecule has 1 aromatic rings. The maximum Gasteiger partial charge on any atom is 0.258 e. The van der Waals surface area contributed by atoms with Crippen LogP contribution in [0.3, 0.4) is 0 Å². The molecule has 4 rings (SSSR count). The topological polar surface area (TPSA) is 38.3 Å². The quantitative estimate of drug-likeness (QED) is 0.927. The molecule has 3 fully saturated rings. The van der Waals surface area contributed by atoms with Crippen LogP contribution in [0.25, 0.3) is 0 Å². The Morgan fingerprint density at radius 2 is 2.20 bits per heavy atom. The molecule has 2 bridgehead atoms. The summed E-state index contributed by atoms with van der Waals surface area (Å²) in [5.74, 6) is -0.435. The summed E-state index contributed by atoms with van der Waals surface area (Å²) in [6.07, 6.45) is 3.94. The summed E-state index contributed by atoms with van der Waals surface area (Å²) in [4.78, 5) is 11.9. The van der Waals surface area contributed by atoms with Crippen LogP contribution in [0.5, 0.6) is 5.75 Å². The average molecular weight is 297 g/mol. The molecule has 3 nitrogen and oxygen atoms in total. The maximum atomic E-state index is 13.2. The minimum atomic E-state index is -0.556. The predicted molar refractivity (Wildman–Crippen MR) is 74.0 cm³/mol. The third-order valence-corrected chi connectivity index (χ3v) is 4.53. The maximum absolute atomic E-state index is 13.2. The van der Waals surface area contributed by atoms with E-state index in [1.54, 1.807) is 0 Å². The minimum absolute atomic E-state index is 0.0351. The van der Waals surface area contributed by atoms with Gasteiger partial charge < -0.3 is 10.1 Å². The number of amides is 1. The fourth-order valence-corrected chi connectivity index (χ4v) is 3.56. The van der Waals surface area contributed by atoms with Crippen molar-refractivity contribution in [1.29, 1.82) is 0 Å². The number of fused-ring (bicyclic) bond motifs is 1. The average Bonchev–Trinajstić information content (AvgIpc) is 2.83. The normalized spacial score (nSPS) is 30.8. The molecule has 1 aromatic carbocycles. The van der Waals surface area contributed by atoms with Gasteiger partial charge in [-0.15, -0.1) is 0 Å². The molecule has 20 heavy (non-hydrogen) atoms. The number of benzene rings is 1. The fourth-order valence-electron chi connectivity index (χ4n) is 3.44. The van der Waals surface area contributed by atoms with Crippen LogP contribution < -0.4 is 10.1 Å². The summed E-state index contributed by atoms with van der Waals surface area (Å²) in [5.41, 5.74) is 0.0981. The summed E-state index contributed by atoms with van der Waals surface area (Å²) in [6, 6.07) is 4.12. The zero-order valence-electron chi connectivity index (χ0n) is 11.0. The molecule has 0 aromatic heterocycles. The van der Waals surface area contributed by atoms with E-state index in [9.17, 15) is 9.18 Å². The van der Waals surface area contributed by atoms with E-state index < -0.39 is 5.82 Å². The first-order valence-corrected chi connectivity index (χ1v) is 7.02. The lowest BCUT2D eigenvalue weighted by Crippen LogP contribution is -2.55. The lowest BCUT2D eigenvalue weighted by molar-refractivity contribution is -0.126. The Kier molecular flexibility index (Phi) is 3.16. The summed E-state index contributed by atoms with van der Waals surface area (Å²) >= 11 is 5.58. The van der Waals surface area contributed by atoms with Crippen LogP contribution in [-0.2, 0) is 4.79 Å². The summed E-state index contributed by atoms with van der Waals surface area (Å²) in [7, 11) is 0. The zero-order valence-corrected chi connectivity index (χ0v) is 11.8. The molecule has 0 aliphatic heterocycles. The Morgan fingerprint density at radius 3 is 2.80 bits per heavy atom. The van der Waals surface area contributed by atoms with Gasteiger partial charge in [-0.2, -0.15) is 0 Å². The van der Waals surface area contributed by atoms with Gasteiger partial charge in [-0.25, -0.2) is 4.39 Å². The molecule has 0 atom stereocenters. The molecular weight excluding hydrogens is 281 g/mol. The van der Waals surface area contributed by atoms with Crippen molar-refractivity contribution in [1.82, 2.24) is 5.32 Å². The van der Waals surface area contributed by atoms with Crippen LogP contribution in [0.15, 0.2) is 18.2 Å². The smallest absolute Gasteiger partial charge is 0.258 e. The number of halogens is 2. The highest BCUT2D eigenvalue weighted by molar-refractivity contribution is 6.30. The van der Waals surface area contributed by atoms with Crippen molar-refractivity contribution in [2.24, 2.45) is 5.41 Å². The molecule has 3 saturated carbocycles. The van der Waals surface area contributed by atoms with Gasteiger partial charge in [-0.1, -0.05) is 11.6 Å². The first kappa shape index (κ1) is 13.7. The highest BCUT2D eigenvalue weighted by Crippen LogP contribution is 2.60. The van der Waals surface area contributed by atoms with Crippen LogP contribution in [0.4, 0.5) is 4.39 Å². The van der Waals surface area contributed by atoms with Crippen molar-refractivity contribution >= 4 is 17.5 Å². The molecule has 0 unspecified atom stereocenters. The molecule has 1 N–H and O–H groups in total. The zero-order chi connectivity index (χ0) is 14.4. The monoisotopic (exact) mass is 296 g/mol. The second-order valence-corrected chi connectivity index (χ2v) is 6.45. The van der Waals surface area contributed by atoms with Crippen molar-refractivity contribution < 1.29 is 13.9 Å². The van der Waals surface area contributed by atoms with Gasteiger partial charge in [0.05, 0.1) is 5.02 Å². The molecule has 0 saturated heterocycles. The van der Waals surface area contributed by atoms with Gasteiger partial charge in [-0.05, 0) is 50.2 Å². The second kappa shape index (κ2) is 4.62. The van der Waals surface area contributed by atoms with E-state index in [0.717, 1.165) is 25.7 Å². The van der Waals surface area contributed by atoms with E-state index in [4.69, 9.17) is 16.3 Å². The Labute approximate surface area is 122 Å². The van der Waals surface area contributed by atoms with Crippen LogP contribution in [0, 0.1) is 18.2 Å². The SMILES string of the molecule is [CH2]C12CCC(NC(=O)COc3ccc(Cl)c(F)c3)(C1)C2. The van der Waals surface area contributed by atoms with Crippen LogP contribution in [-0.4, -0.2) is 18.1 Å². The standard InChI is InChI=1S/C15H16ClFNO2/c1-14-4-5-15(8-14,9-14)18-13(19)7-20-10-2-3-11(16)12(17)6-10/h2-3,6H,1,4-5,7-9H2,(H,18,19). The van der Waals surface area contributed by atoms with Crippen molar-refractivity contribution in [2.75, 3.05) is 6.61 Å². The molecule has 107 valence electrons. The van der Waals surface area contributed by atoms with Gasteiger partial charge in [0.15, 0.2) is 6.61 Å². The molecule has 5 heteroatoms. The van der Waals surface area contributed by atoms with Gasteiger partial charge in [0.1, 0.15) is 11.6 Å². The lowest BCUT2D eigenvalue weighted by Gasteiger charge is -2.45. The first-order valence-electron chi connectivity index (χ1n) is 6.64. The first-order chi connectivity index (χ1) is 9.40. The molecule has 0 heterocycles. The third-order valence-electron chi connectivity index (χ3n) is 4.23. The van der Waals surface area contributed by atoms with Gasteiger partial charge in [0.2, 0.25) is 0 Å².